The molecule has 274 valence electrons. The fourth-order valence-electron chi connectivity index (χ4n) is 7.05. The highest BCUT2D eigenvalue weighted by Crippen LogP contribution is 2.65. The first-order valence-electron chi connectivity index (χ1n) is 17.0. The molecule has 1 heterocycles. The van der Waals surface area contributed by atoms with E-state index in [4.69, 9.17) is 5.73 Å². The number of sulfonamides is 1. The fraction of sp³-hybridized carbons (Fsp3) is 0.686. The zero-order valence-electron chi connectivity index (χ0n) is 30.6. The highest BCUT2D eigenvalue weighted by molar-refractivity contribution is 7.89. The summed E-state index contributed by atoms with van der Waals surface area (Å²) in [6.45, 7) is 17.5. The van der Waals surface area contributed by atoms with Crippen molar-refractivity contribution in [3.63, 3.8) is 0 Å². The van der Waals surface area contributed by atoms with E-state index in [1.165, 1.54) is 28.4 Å². The number of rotatable bonds is 14. The number of fused-ring (bicyclic) bond motifs is 1. The Kier molecular flexibility index (Phi) is 12.0. The fourth-order valence-corrected chi connectivity index (χ4v) is 8.29. The van der Waals surface area contributed by atoms with Gasteiger partial charge in [0.2, 0.25) is 27.6 Å². The first kappa shape index (κ1) is 39.9. The number of urea groups is 1. The zero-order valence-corrected chi connectivity index (χ0v) is 31.4. The van der Waals surface area contributed by atoms with Crippen LogP contribution >= 0.6 is 0 Å². The lowest BCUT2D eigenvalue weighted by Gasteiger charge is -2.38. The SMILES string of the molecule is CCCC(NC(=O)[C@@H]1[C@@H]2[C@H](CN1C(=O)[C@@H](NC(=O)N[C@H](CN(C)S(=O)(=O)c1ccccc1)CC(C)(C)C)C(C)(C)C)C2(C)C)C(=O)C(N)=O. The molecular formula is C35H56N6O7S. The number of nitrogens with zero attached hydrogens (tertiary/aromatic N) is 2. The van der Waals surface area contributed by atoms with Crippen LogP contribution in [0.2, 0.25) is 0 Å². The van der Waals surface area contributed by atoms with E-state index in [2.05, 4.69) is 16.0 Å². The molecule has 1 saturated heterocycles. The third kappa shape index (κ3) is 9.39. The highest BCUT2D eigenvalue weighted by Gasteiger charge is 2.70. The summed E-state index contributed by atoms with van der Waals surface area (Å²) >= 11 is 0. The van der Waals surface area contributed by atoms with E-state index >= 15 is 0 Å². The number of primary amides is 1. The van der Waals surface area contributed by atoms with E-state index < -0.39 is 69.1 Å². The molecule has 0 aromatic heterocycles. The molecule has 2 fully saturated rings. The quantitative estimate of drug-likeness (QED) is 0.214. The third-order valence-corrected chi connectivity index (χ3v) is 11.6. The van der Waals surface area contributed by atoms with E-state index in [0.29, 0.717) is 19.4 Å². The summed E-state index contributed by atoms with van der Waals surface area (Å²) < 4.78 is 27.8. The van der Waals surface area contributed by atoms with Crippen molar-refractivity contribution >= 4 is 39.6 Å². The molecule has 13 nitrogen and oxygen atoms in total. The monoisotopic (exact) mass is 704 g/mol. The second-order valence-corrected chi connectivity index (χ2v) is 18.5. The van der Waals surface area contributed by atoms with Crippen LogP contribution in [0.25, 0.3) is 0 Å². The Morgan fingerprint density at radius 2 is 1.59 bits per heavy atom. The summed E-state index contributed by atoms with van der Waals surface area (Å²) in [6, 6.07) is 3.74. The van der Waals surface area contributed by atoms with Gasteiger partial charge in [0.1, 0.15) is 12.1 Å². The van der Waals surface area contributed by atoms with Crippen LogP contribution in [0.5, 0.6) is 0 Å². The van der Waals surface area contributed by atoms with Crippen LogP contribution in [-0.2, 0) is 29.2 Å². The number of benzene rings is 1. The number of likely N-dealkylation sites (tertiary alicyclic amines) is 1. The molecule has 1 aromatic carbocycles. The second-order valence-electron chi connectivity index (χ2n) is 16.4. The van der Waals surface area contributed by atoms with Gasteiger partial charge in [-0.1, -0.05) is 86.9 Å². The molecule has 5 N–H and O–H groups in total. The zero-order chi connectivity index (χ0) is 37.3. The standard InChI is InChI=1S/C35H56N6O7S/c1-11-15-24(27(42)29(36)43)38-30(44)26-25-23(35(25,8)9)20-41(26)31(45)28(34(5,6)7)39-32(46)37-21(18-33(2,3)4)19-40(10)49(47,48)22-16-13-12-14-17-22/h12-14,16-17,21,23-26,28H,11,15,18-20H2,1-10H3,(H2,36,43)(H,38,44)(H2,37,39,46)/t21-,23-,24?,25-,26-,28+/m0/s1. The molecule has 6 atom stereocenters. The van der Waals surface area contributed by atoms with Crippen LogP contribution in [0.4, 0.5) is 4.79 Å². The largest absolute Gasteiger partial charge is 0.363 e. The van der Waals surface area contributed by atoms with Crippen molar-refractivity contribution in [2.24, 2.45) is 33.8 Å². The van der Waals surface area contributed by atoms with Crippen LogP contribution in [0.3, 0.4) is 0 Å². The number of Topliss-reactive ketones (excluding diaryl/α,β-unsaturated/α-hetero) is 1. The minimum absolute atomic E-state index is 0.00812. The molecule has 5 amide bonds. The molecule has 1 saturated carbocycles. The van der Waals surface area contributed by atoms with Crippen molar-refractivity contribution in [1.82, 2.24) is 25.2 Å². The summed E-state index contributed by atoms with van der Waals surface area (Å²) in [5, 5.41) is 8.45. The van der Waals surface area contributed by atoms with E-state index in [0.717, 1.165) is 0 Å². The maximum absolute atomic E-state index is 14.3. The summed E-state index contributed by atoms with van der Waals surface area (Å²) in [6.07, 6.45) is 1.18. The molecule has 0 bridgehead atoms. The lowest BCUT2D eigenvalue weighted by molar-refractivity contribution is -0.145. The molecule has 0 spiro atoms. The number of likely N-dealkylation sites (N-methyl/N-ethyl adjacent to an activating group) is 1. The smallest absolute Gasteiger partial charge is 0.315 e. The summed E-state index contributed by atoms with van der Waals surface area (Å²) in [7, 11) is -2.36. The summed E-state index contributed by atoms with van der Waals surface area (Å²) in [5.74, 6) is -3.15. The Morgan fingerprint density at radius 3 is 2.10 bits per heavy atom. The normalized spacial score (nSPS) is 22.0. The number of carbonyl (C=O) groups is 5. The Labute approximate surface area is 291 Å². The number of carbonyl (C=O) groups excluding carboxylic acids is 5. The summed E-state index contributed by atoms with van der Waals surface area (Å²) in [4.78, 5) is 67.5. The number of hydrogen-bond donors (Lipinski definition) is 4. The van der Waals surface area contributed by atoms with Gasteiger partial charge in [-0.2, -0.15) is 4.31 Å². The van der Waals surface area contributed by atoms with Gasteiger partial charge in [0.25, 0.3) is 5.91 Å². The molecule has 1 aliphatic carbocycles. The van der Waals surface area contributed by atoms with Crippen molar-refractivity contribution in [2.45, 2.75) is 111 Å². The van der Waals surface area contributed by atoms with E-state index in [1.54, 1.807) is 39.0 Å². The van der Waals surface area contributed by atoms with E-state index in [-0.39, 0.29) is 40.5 Å². The van der Waals surface area contributed by atoms with Crippen LogP contribution in [-0.4, -0.2) is 91.5 Å². The highest BCUT2D eigenvalue weighted by atomic mass is 32.2. The number of piperidine rings is 1. The molecule has 0 radical (unpaired) electrons. The molecule has 1 aromatic rings. The third-order valence-electron chi connectivity index (χ3n) is 9.72. The van der Waals surface area contributed by atoms with Gasteiger partial charge in [0.05, 0.1) is 10.9 Å². The topological polar surface area (TPSA) is 188 Å². The van der Waals surface area contributed by atoms with Crippen molar-refractivity contribution in [2.75, 3.05) is 20.1 Å². The maximum Gasteiger partial charge on any atom is 0.315 e. The Bertz CT molecular complexity index is 1520. The van der Waals surface area contributed by atoms with E-state index in [9.17, 15) is 32.4 Å². The Hall–Kier alpha value is -3.52. The molecule has 1 unspecified atom stereocenters. The van der Waals surface area contributed by atoms with Gasteiger partial charge < -0.3 is 26.6 Å². The molecule has 1 aliphatic heterocycles. The van der Waals surface area contributed by atoms with Gasteiger partial charge in [-0.3, -0.25) is 19.2 Å². The molecular weight excluding hydrogens is 648 g/mol. The van der Waals surface area contributed by atoms with Crippen molar-refractivity contribution in [1.29, 1.82) is 0 Å². The molecule has 3 rings (SSSR count). The second kappa shape index (κ2) is 14.8. The average Bonchev–Trinajstić information content (AvgIpc) is 3.29. The lowest BCUT2D eigenvalue weighted by atomic mass is 9.85. The maximum atomic E-state index is 14.3. The van der Waals surface area contributed by atoms with Crippen molar-refractivity contribution in [3.8, 4) is 0 Å². The van der Waals surface area contributed by atoms with Crippen molar-refractivity contribution < 1.29 is 32.4 Å². The summed E-state index contributed by atoms with van der Waals surface area (Å²) in [5.41, 5.74) is 3.97. The number of amides is 5. The average molecular weight is 705 g/mol. The van der Waals surface area contributed by atoms with Crippen molar-refractivity contribution in [3.05, 3.63) is 30.3 Å². The van der Waals surface area contributed by atoms with E-state index in [1.807, 2.05) is 41.5 Å². The van der Waals surface area contributed by atoms with Crippen LogP contribution in [0.1, 0.15) is 81.6 Å². The van der Waals surface area contributed by atoms with Gasteiger partial charge in [0, 0.05) is 26.2 Å². The number of ketones is 1. The van der Waals surface area contributed by atoms with Crippen LogP contribution in [0.15, 0.2) is 35.2 Å². The van der Waals surface area contributed by atoms with Gasteiger partial charge >= 0.3 is 6.03 Å². The van der Waals surface area contributed by atoms with Gasteiger partial charge in [-0.05, 0) is 53.1 Å². The molecule has 14 heteroatoms. The Morgan fingerprint density at radius 1 is 1.00 bits per heavy atom. The number of nitrogens with one attached hydrogen (secondary N) is 3. The minimum atomic E-state index is -3.83. The molecule has 49 heavy (non-hydrogen) atoms. The van der Waals surface area contributed by atoms with Gasteiger partial charge in [0.15, 0.2) is 0 Å². The Balaban J connectivity index is 1.84. The first-order valence-corrected chi connectivity index (χ1v) is 18.4. The number of nitrogens with two attached hydrogens (primary N) is 1. The van der Waals surface area contributed by atoms with Gasteiger partial charge in [-0.25, -0.2) is 13.2 Å². The lowest BCUT2D eigenvalue weighted by Crippen LogP contribution is -2.62. The molecule has 2 aliphatic rings. The minimum Gasteiger partial charge on any atom is -0.363 e. The van der Waals surface area contributed by atoms with Crippen LogP contribution in [0, 0.1) is 28.1 Å². The first-order chi connectivity index (χ1) is 22.4. The predicted molar refractivity (Wildman–Crippen MR) is 186 cm³/mol. The predicted octanol–water partition coefficient (Wildman–Crippen LogP) is 2.65. The number of hydrogen-bond acceptors (Lipinski definition) is 7. The van der Waals surface area contributed by atoms with Gasteiger partial charge in [-0.15, -0.1) is 0 Å². The van der Waals surface area contributed by atoms with Crippen LogP contribution < -0.4 is 21.7 Å².